The molecule has 2 saturated heterocycles. The highest BCUT2D eigenvalue weighted by molar-refractivity contribution is 5.91. The highest BCUT2D eigenvalue weighted by Crippen LogP contribution is 2.23. The van der Waals surface area contributed by atoms with Crippen LogP contribution in [0.3, 0.4) is 0 Å². The van der Waals surface area contributed by atoms with E-state index in [1.165, 1.54) is 12.8 Å². The van der Waals surface area contributed by atoms with Gasteiger partial charge < -0.3 is 14.3 Å². The third kappa shape index (κ3) is 3.74. The van der Waals surface area contributed by atoms with Gasteiger partial charge >= 0.3 is 0 Å². The van der Waals surface area contributed by atoms with Crippen LogP contribution in [-0.4, -0.2) is 52.9 Å². The summed E-state index contributed by atoms with van der Waals surface area (Å²) < 4.78 is 5.05. The lowest BCUT2D eigenvalue weighted by atomic mass is 9.95. The minimum atomic E-state index is -0.119. The number of hydrogen-bond acceptors (Lipinski definition) is 4. The van der Waals surface area contributed by atoms with Crippen LogP contribution in [0.25, 0.3) is 0 Å². The van der Waals surface area contributed by atoms with Crippen molar-refractivity contribution in [3.63, 3.8) is 0 Å². The first-order valence-corrected chi connectivity index (χ1v) is 8.66. The summed E-state index contributed by atoms with van der Waals surface area (Å²) in [4.78, 5) is 28.8. The molecular formula is C17H25N3O3. The Kier molecular flexibility index (Phi) is 4.98. The highest BCUT2D eigenvalue weighted by atomic mass is 16.5. The topological polar surface area (TPSA) is 66.7 Å². The van der Waals surface area contributed by atoms with Crippen LogP contribution < -0.4 is 0 Å². The van der Waals surface area contributed by atoms with Gasteiger partial charge in [0.25, 0.3) is 5.91 Å². The van der Waals surface area contributed by atoms with Gasteiger partial charge in [-0.1, -0.05) is 18.0 Å². The molecule has 0 radical (unpaired) electrons. The first kappa shape index (κ1) is 16.0. The summed E-state index contributed by atoms with van der Waals surface area (Å²) in [5.74, 6) is 0.522. The number of rotatable bonds is 2. The van der Waals surface area contributed by atoms with Crippen LogP contribution in [0.5, 0.6) is 0 Å². The zero-order valence-corrected chi connectivity index (χ0v) is 13.8. The number of hydrogen-bond donors (Lipinski definition) is 0. The van der Waals surface area contributed by atoms with E-state index in [0.29, 0.717) is 24.5 Å². The van der Waals surface area contributed by atoms with Crippen LogP contribution in [0.4, 0.5) is 0 Å². The minimum Gasteiger partial charge on any atom is -0.351 e. The van der Waals surface area contributed by atoms with E-state index >= 15 is 0 Å². The van der Waals surface area contributed by atoms with Gasteiger partial charge in [0.2, 0.25) is 11.7 Å². The molecule has 6 heteroatoms. The zero-order valence-electron chi connectivity index (χ0n) is 13.8. The lowest BCUT2D eigenvalue weighted by molar-refractivity contribution is -0.136. The first-order chi connectivity index (χ1) is 11.1. The third-order valence-electron chi connectivity index (χ3n) is 4.89. The predicted molar refractivity (Wildman–Crippen MR) is 84.9 cm³/mol. The average molecular weight is 319 g/mol. The normalized spacial score (nSPS) is 20.4. The molecule has 0 N–H and O–H groups in total. The number of likely N-dealkylation sites (tertiary alicyclic amines) is 2. The molecule has 2 amide bonds. The minimum absolute atomic E-state index is 0.0635. The summed E-state index contributed by atoms with van der Waals surface area (Å²) >= 11 is 0. The van der Waals surface area contributed by atoms with Crippen molar-refractivity contribution in [3.8, 4) is 0 Å². The summed E-state index contributed by atoms with van der Waals surface area (Å²) in [7, 11) is 0. The SMILES string of the molecule is Cc1cc(C(=O)N2CCC(C(=O)N3CCCCCC3)CC2)on1. The molecule has 2 fully saturated rings. The largest absolute Gasteiger partial charge is 0.351 e. The number of aryl methyl sites for hydroxylation is 1. The van der Waals surface area contributed by atoms with Gasteiger partial charge in [-0.3, -0.25) is 9.59 Å². The van der Waals surface area contributed by atoms with Crippen LogP contribution in [0.15, 0.2) is 10.6 Å². The fourth-order valence-corrected chi connectivity index (χ4v) is 3.50. The summed E-state index contributed by atoms with van der Waals surface area (Å²) in [6.07, 6.45) is 6.19. The van der Waals surface area contributed by atoms with E-state index in [0.717, 1.165) is 38.8 Å². The summed E-state index contributed by atoms with van der Waals surface area (Å²) in [6.45, 7) is 4.82. The molecule has 0 aromatic carbocycles. The predicted octanol–water partition coefficient (Wildman–Crippen LogP) is 2.24. The number of nitrogens with zero attached hydrogens (tertiary/aromatic N) is 3. The standard InChI is InChI=1S/C17H25N3O3/c1-13-12-15(23-18-13)17(22)20-10-6-14(7-11-20)16(21)19-8-4-2-3-5-9-19/h12,14H,2-11H2,1H3. The van der Waals surface area contributed by atoms with Crippen molar-refractivity contribution >= 4 is 11.8 Å². The van der Waals surface area contributed by atoms with Crippen molar-refractivity contribution in [2.24, 2.45) is 5.92 Å². The molecule has 0 bridgehead atoms. The Bertz CT molecular complexity index is 553. The molecule has 3 heterocycles. The van der Waals surface area contributed by atoms with Gasteiger partial charge in [-0.05, 0) is 32.6 Å². The van der Waals surface area contributed by atoms with E-state index in [1.54, 1.807) is 17.9 Å². The number of amides is 2. The van der Waals surface area contributed by atoms with Gasteiger partial charge in [0.15, 0.2) is 0 Å². The Hall–Kier alpha value is -1.85. The number of piperidine rings is 1. The van der Waals surface area contributed by atoms with Crippen LogP contribution in [0.2, 0.25) is 0 Å². The van der Waals surface area contributed by atoms with Crippen LogP contribution >= 0.6 is 0 Å². The molecule has 0 unspecified atom stereocenters. The maximum Gasteiger partial charge on any atom is 0.292 e. The maximum atomic E-state index is 12.6. The Morgan fingerprint density at radius 3 is 2.26 bits per heavy atom. The molecular weight excluding hydrogens is 294 g/mol. The quantitative estimate of drug-likeness (QED) is 0.838. The second kappa shape index (κ2) is 7.15. The molecule has 126 valence electrons. The summed E-state index contributed by atoms with van der Waals surface area (Å²) in [5, 5.41) is 3.76. The van der Waals surface area contributed by atoms with Gasteiger partial charge in [-0.15, -0.1) is 0 Å². The fourth-order valence-electron chi connectivity index (χ4n) is 3.50. The smallest absolute Gasteiger partial charge is 0.292 e. The zero-order chi connectivity index (χ0) is 16.2. The van der Waals surface area contributed by atoms with E-state index < -0.39 is 0 Å². The van der Waals surface area contributed by atoms with Crippen molar-refractivity contribution in [2.75, 3.05) is 26.2 Å². The molecule has 1 aromatic rings. The Balaban J connectivity index is 1.53. The molecule has 0 atom stereocenters. The Morgan fingerprint density at radius 1 is 1.04 bits per heavy atom. The Morgan fingerprint density at radius 2 is 1.70 bits per heavy atom. The maximum absolute atomic E-state index is 12.6. The third-order valence-corrected chi connectivity index (χ3v) is 4.89. The number of carbonyl (C=O) groups is 2. The number of aromatic nitrogens is 1. The van der Waals surface area contributed by atoms with E-state index in [9.17, 15) is 9.59 Å². The van der Waals surface area contributed by atoms with Gasteiger partial charge in [-0.25, -0.2) is 0 Å². The molecule has 0 aliphatic carbocycles. The van der Waals surface area contributed by atoms with E-state index in [2.05, 4.69) is 5.16 Å². The van der Waals surface area contributed by atoms with Gasteiger partial charge in [0.05, 0.1) is 5.69 Å². The van der Waals surface area contributed by atoms with E-state index in [4.69, 9.17) is 4.52 Å². The van der Waals surface area contributed by atoms with Crippen molar-refractivity contribution in [3.05, 3.63) is 17.5 Å². The van der Waals surface area contributed by atoms with Crippen molar-refractivity contribution in [2.45, 2.75) is 45.4 Å². The molecule has 1 aromatic heterocycles. The van der Waals surface area contributed by atoms with Crippen molar-refractivity contribution in [1.29, 1.82) is 0 Å². The van der Waals surface area contributed by atoms with Gasteiger partial charge in [0.1, 0.15) is 0 Å². The lowest BCUT2D eigenvalue weighted by Gasteiger charge is -2.33. The summed E-state index contributed by atoms with van der Waals surface area (Å²) in [5.41, 5.74) is 0.708. The van der Waals surface area contributed by atoms with Crippen molar-refractivity contribution in [1.82, 2.24) is 15.0 Å². The van der Waals surface area contributed by atoms with Crippen LogP contribution in [0, 0.1) is 12.8 Å². The molecule has 6 nitrogen and oxygen atoms in total. The molecule has 2 aliphatic rings. The van der Waals surface area contributed by atoms with Crippen molar-refractivity contribution < 1.29 is 14.1 Å². The molecule has 0 saturated carbocycles. The monoisotopic (exact) mass is 319 g/mol. The molecule has 3 rings (SSSR count). The second-order valence-corrected chi connectivity index (χ2v) is 6.64. The fraction of sp³-hybridized carbons (Fsp3) is 0.706. The van der Waals surface area contributed by atoms with Crippen LogP contribution in [0.1, 0.15) is 54.8 Å². The highest BCUT2D eigenvalue weighted by Gasteiger charge is 2.31. The van der Waals surface area contributed by atoms with E-state index in [1.807, 2.05) is 4.90 Å². The lowest BCUT2D eigenvalue weighted by Crippen LogP contribution is -2.44. The first-order valence-electron chi connectivity index (χ1n) is 8.66. The van der Waals surface area contributed by atoms with Gasteiger partial charge in [-0.2, -0.15) is 0 Å². The molecule has 0 spiro atoms. The second-order valence-electron chi connectivity index (χ2n) is 6.64. The average Bonchev–Trinajstić information content (AvgIpc) is 2.84. The van der Waals surface area contributed by atoms with Crippen LogP contribution in [-0.2, 0) is 4.79 Å². The van der Waals surface area contributed by atoms with E-state index in [-0.39, 0.29) is 17.7 Å². The number of carbonyl (C=O) groups excluding carboxylic acids is 2. The Labute approximate surface area is 136 Å². The molecule has 2 aliphatic heterocycles. The van der Waals surface area contributed by atoms with Gasteiger partial charge in [0, 0.05) is 38.2 Å². The molecule has 23 heavy (non-hydrogen) atoms. The summed E-state index contributed by atoms with van der Waals surface area (Å²) in [6, 6.07) is 1.66.